The standard InChI is InChI=1S/C7H16N2O2.2ClH/c8-4-2-6-9-5-1-3-7(10)11;;/h9H,1-6,8H2,(H,10,11);2*1H. The molecule has 0 saturated heterocycles. The van der Waals surface area contributed by atoms with Crippen molar-refractivity contribution in [3.63, 3.8) is 0 Å². The number of carboxylic acid groups (broad SMARTS) is 1. The molecule has 6 heteroatoms. The topological polar surface area (TPSA) is 75.3 Å². The average molecular weight is 233 g/mol. The second-order valence-electron chi connectivity index (χ2n) is 2.39. The van der Waals surface area contributed by atoms with Crippen molar-refractivity contribution in [2.45, 2.75) is 19.3 Å². The zero-order valence-corrected chi connectivity index (χ0v) is 9.12. The van der Waals surface area contributed by atoms with Crippen LogP contribution < -0.4 is 11.1 Å². The molecule has 0 saturated carbocycles. The molecule has 0 aliphatic rings. The summed E-state index contributed by atoms with van der Waals surface area (Å²) in [5, 5.41) is 11.4. The molecule has 4 N–H and O–H groups in total. The number of carbonyl (C=O) groups is 1. The van der Waals surface area contributed by atoms with Crippen LogP contribution in [0.4, 0.5) is 0 Å². The zero-order chi connectivity index (χ0) is 8.53. The largest absolute Gasteiger partial charge is 0.481 e. The SMILES string of the molecule is Cl.Cl.NCCCNCCCC(=O)O. The van der Waals surface area contributed by atoms with Crippen molar-refractivity contribution in [2.75, 3.05) is 19.6 Å². The highest BCUT2D eigenvalue weighted by Crippen LogP contribution is 1.85. The summed E-state index contributed by atoms with van der Waals surface area (Å²) in [7, 11) is 0. The minimum absolute atomic E-state index is 0. The highest BCUT2D eigenvalue weighted by atomic mass is 35.5. The van der Waals surface area contributed by atoms with Crippen LogP contribution in [0.25, 0.3) is 0 Å². The van der Waals surface area contributed by atoms with Crippen LogP contribution in [0.15, 0.2) is 0 Å². The molecule has 0 spiro atoms. The fourth-order valence-corrected chi connectivity index (χ4v) is 0.717. The van der Waals surface area contributed by atoms with Crippen LogP contribution in [0.2, 0.25) is 0 Å². The first kappa shape index (κ1) is 18.7. The fourth-order valence-electron chi connectivity index (χ4n) is 0.717. The number of hydrogen-bond donors (Lipinski definition) is 3. The normalized spacial score (nSPS) is 8.38. The Morgan fingerprint density at radius 2 is 1.77 bits per heavy atom. The molecule has 0 aliphatic heterocycles. The molecule has 0 aliphatic carbocycles. The van der Waals surface area contributed by atoms with Crippen molar-refractivity contribution in [1.82, 2.24) is 5.32 Å². The van der Waals surface area contributed by atoms with Crippen LogP contribution in [0, 0.1) is 0 Å². The summed E-state index contributed by atoms with van der Waals surface area (Å²) in [5.74, 6) is -0.731. The molecule has 0 radical (unpaired) electrons. The molecule has 82 valence electrons. The maximum Gasteiger partial charge on any atom is 0.303 e. The van der Waals surface area contributed by atoms with Crippen LogP contribution in [-0.2, 0) is 4.79 Å². The maximum absolute atomic E-state index is 10.0. The quantitative estimate of drug-likeness (QED) is 0.564. The third kappa shape index (κ3) is 18.7. The summed E-state index contributed by atoms with van der Waals surface area (Å²) < 4.78 is 0. The van der Waals surface area contributed by atoms with E-state index in [-0.39, 0.29) is 31.2 Å². The number of nitrogens with one attached hydrogen (secondary N) is 1. The lowest BCUT2D eigenvalue weighted by atomic mass is 10.3. The van der Waals surface area contributed by atoms with E-state index in [4.69, 9.17) is 10.8 Å². The van der Waals surface area contributed by atoms with Crippen molar-refractivity contribution >= 4 is 30.8 Å². The second-order valence-corrected chi connectivity index (χ2v) is 2.39. The monoisotopic (exact) mass is 232 g/mol. The third-order valence-electron chi connectivity index (χ3n) is 1.30. The van der Waals surface area contributed by atoms with E-state index in [1.54, 1.807) is 0 Å². The molecule has 4 nitrogen and oxygen atoms in total. The van der Waals surface area contributed by atoms with Gasteiger partial charge in [0.2, 0.25) is 0 Å². The molecule has 0 heterocycles. The van der Waals surface area contributed by atoms with Gasteiger partial charge in [0.25, 0.3) is 0 Å². The average Bonchev–Trinajstić information content (AvgIpc) is 1.96. The highest BCUT2D eigenvalue weighted by Gasteiger charge is 1.94. The summed E-state index contributed by atoms with van der Waals surface area (Å²) in [5.41, 5.74) is 5.26. The zero-order valence-electron chi connectivity index (χ0n) is 7.49. The van der Waals surface area contributed by atoms with Gasteiger partial charge in [-0.1, -0.05) is 0 Å². The van der Waals surface area contributed by atoms with Crippen LogP contribution >= 0.6 is 24.8 Å². The van der Waals surface area contributed by atoms with Gasteiger partial charge in [0, 0.05) is 6.42 Å². The smallest absolute Gasteiger partial charge is 0.303 e. The first-order valence-corrected chi connectivity index (χ1v) is 3.90. The van der Waals surface area contributed by atoms with Gasteiger partial charge in [0.1, 0.15) is 0 Å². The number of rotatable bonds is 7. The van der Waals surface area contributed by atoms with E-state index >= 15 is 0 Å². The number of hydrogen-bond acceptors (Lipinski definition) is 3. The van der Waals surface area contributed by atoms with Gasteiger partial charge in [-0.3, -0.25) is 4.79 Å². The summed E-state index contributed by atoms with van der Waals surface area (Å²) in [6.45, 7) is 2.34. The lowest BCUT2D eigenvalue weighted by Crippen LogP contribution is -2.19. The van der Waals surface area contributed by atoms with E-state index < -0.39 is 5.97 Å². The lowest BCUT2D eigenvalue weighted by Gasteiger charge is -2.00. The Kier molecular flexibility index (Phi) is 20.8. The van der Waals surface area contributed by atoms with Crippen molar-refractivity contribution in [1.29, 1.82) is 0 Å². The molecule has 0 unspecified atom stereocenters. The number of carboxylic acids is 1. The van der Waals surface area contributed by atoms with E-state index in [9.17, 15) is 4.79 Å². The van der Waals surface area contributed by atoms with Gasteiger partial charge in [0.05, 0.1) is 0 Å². The predicted molar refractivity (Wildman–Crippen MR) is 57.9 cm³/mol. The van der Waals surface area contributed by atoms with E-state index in [1.807, 2.05) is 0 Å². The molecule has 0 aromatic rings. The Balaban J connectivity index is -0.000000500. The molecule has 0 rings (SSSR count). The molecule has 0 aromatic heterocycles. The Bertz CT molecular complexity index is 115. The van der Waals surface area contributed by atoms with Gasteiger partial charge < -0.3 is 16.2 Å². The van der Waals surface area contributed by atoms with E-state index in [0.717, 1.165) is 19.5 Å². The third-order valence-corrected chi connectivity index (χ3v) is 1.30. The van der Waals surface area contributed by atoms with Gasteiger partial charge in [-0.25, -0.2) is 0 Å². The number of halogens is 2. The van der Waals surface area contributed by atoms with Gasteiger partial charge >= 0.3 is 5.97 Å². The maximum atomic E-state index is 10.0. The molecule has 0 aromatic carbocycles. The van der Waals surface area contributed by atoms with Gasteiger partial charge in [-0.05, 0) is 32.5 Å². The van der Waals surface area contributed by atoms with Crippen LogP contribution in [0.5, 0.6) is 0 Å². The Morgan fingerprint density at radius 1 is 1.23 bits per heavy atom. The van der Waals surface area contributed by atoms with Crippen molar-refractivity contribution < 1.29 is 9.90 Å². The predicted octanol–water partition coefficient (Wildman–Crippen LogP) is 0.633. The van der Waals surface area contributed by atoms with Crippen LogP contribution in [0.3, 0.4) is 0 Å². The first-order valence-electron chi connectivity index (χ1n) is 3.90. The van der Waals surface area contributed by atoms with Crippen LogP contribution in [0.1, 0.15) is 19.3 Å². The summed E-state index contributed by atoms with van der Waals surface area (Å²) in [6, 6.07) is 0. The minimum atomic E-state index is -0.731. The molecular weight excluding hydrogens is 215 g/mol. The molecule has 0 bridgehead atoms. The summed E-state index contributed by atoms with van der Waals surface area (Å²) >= 11 is 0. The van der Waals surface area contributed by atoms with Crippen molar-refractivity contribution in [3.8, 4) is 0 Å². The Hall–Kier alpha value is -0.0300. The van der Waals surface area contributed by atoms with Crippen LogP contribution in [-0.4, -0.2) is 30.7 Å². The lowest BCUT2D eigenvalue weighted by molar-refractivity contribution is -0.137. The number of aliphatic carboxylic acids is 1. The van der Waals surface area contributed by atoms with Gasteiger partial charge in [0.15, 0.2) is 0 Å². The van der Waals surface area contributed by atoms with E-state index in [0.29, 0.717) is 13.0 Å². The molecule has 0 amide bonds. The highest BCUT2D eigenvalue weighted by molar-refractivity contribution is 5.85. The Labute approximate surface area is 91.1 Å². The van der Waals surface area contributed by atoms with E-state index in [2.05, 4.69) is 5.32 Å². The summed E-state index contributed by atoms with van der Waals surface area (Å²) in [4.78, 5) is 10.0. The van der Waals surface area contributed by atoms with E-state index in [1.165, 1.54) is 0 Å². The molecule has 0 atom stereocenters. The van der Waals surface area contributed by atoms with Crippen molar-refractivity contribution in [3.05, 3.63) is 0 Å². The second kappa shape index (κ2) is 14.5. The first-order chi connectivity index (χ1) is 5.27. The Morgan fingerprint density at radius 3 is 2.23 bits per heavy atom. The molecular formula is C7H18Cl2N2O2. The fraction of sp³-hybridized carbons (Fsp3) is 0.857. The number of nitrogens with two attached hydrogens (primary N) is 1. The summed E-state index contributed by atoms with van der Waals surface area (Å²) in [6.07, 6.45) is 1.89. The van der Waals surface area contributed by atoms with Gasteiger partial charge in [-0.15, -0.1) is 24.8 Å². The molecule has 0 fully saturated rings. The minimum Gasteiger partial charge on any atom is -0.481 e. The van der Waals surface area contributed by atoms with Gasteiger partial charge in [-0.2, -0.15) is 0 Å². The molecule has 13 heavy (non-hydrogen) atoms. The van der Waals surface area contributed by atoms with Crippen molar-refractivity contribution in [2.24, 2.45) is 5.73 Å².